The first-order valence-corrected chi connectivity index (χ1v) is 10.6. The van der Waals surface area contributed by atoms with Crippen LogP contribution in [0, 0.1) is 6.92 Å². The van der Waals surface area contributed by atoms with E-state index in [4.69, 9.17) is 0 Å². The molecule has 0 saturated heterocycles. The van der Waals surface area contributed by atoms with Crippen molar-refractivity contribution in [3.05, 3.63) is 75.8 Å². The summed E-state index contributed by atoms with van der Waals surface area (Å²) in [6, 6.07) is 12.0. The molecule has 0 atom stereocenters. The van der Waals surface area contributed by atoms with Crippen molar-refractivity contribution in [2.45, 2.75) is 39.2 Å². The Morgan fingerprint density at radius 1 is 1.14 bits per heavy atom. The van der Waals surface area contributed by atoms with E-state index in [1.54, 1.807) is 17.5 Å². The summed E-state index contributed by atoms with van der Waals surface area (Å²) in [4.78, 5) is 28.9. The minimum Gasteiger partial charge on any atom is -0.347 e. The van der Waals surface area contributed by atoms with Gasteiger partial charge in [0.1, 0.15) is 11.5 Å². The van der Waals surface area contributed by atoms with Crippen molar-refractivity contribution in [2.75, 3.05) is 0 Å². The lowest BCUT2D eigenvalue weighted by atomic mass is 10.2. The van der Waals surface area contributed by atoms with E-state index in [1.165, 1.54) is 0 Å². The van der Waals surface area contributed by atoms with Gasteiger partial charge in [0.2, 0.25) is 0 Å². The summed E-state index contributed by atoms with van der Waals surface area (Å²) in [7, 11) is 0. The van der Waals surface area contributed by atoms with Crippen molar-refractivity contribution in [3.8, 4) is 0 Å². The van der Waals surface area contributed by atoms with Crippen LogP contribution in [0.1, 0.15) is 45.4 Å². The van der Waals surface area contributed by atoms with Crippen LogP contribution in [0.4, 0.5) is 0 Å². The van der Waals surface area contributed by atoms with Crippen molar-refractivity contribution >= 4 is 28.3 Å². The fourth-order valence-electron chi connectivity index (χ4n) is 3.21. The van der Waals surface area contributed by atoms with Crippen LogP contribution in [-0.4, -0.2) is 25.8 Å². The molecule has 0 radical (unpaired) electrons. The van der Waals surface area contributed by atoms with E-state index in [-0.39, 0.29) is 5.91 Å². The maximum Gasteiger partial charge on any atom is 0.271 e. The number of rotatable bonds is 8. The van der Waals surface area contributed by atoms with Crippen LogP contribution in [0.25, 0.3) is 11.0 Å². The third-order valence-corrected chi connectivity index (χ3v) is 5.60. The van der Waals surface area contributed by atoms with Crippen molar-refractivity contribution in [1.82, 2.24) is 25.3 Å². The number of pyridine rings is 1. The predicted molar refractivity (Wildman–Crippen MR) is 115 cm³/mol. The van der Waals surface area contributed by atoms with Crippen molar-refractivity contribution in [1.29, 1.82) is 0 Å². The molecule has 4 rings (SSSR count). The van der Waals surface area contributed by atoms with Gasteiger partial charge in [-0.15, -0.1) is 11.3 Å². The van der Waals surface area contributed by atoms with Gasteiger partial charge in [-0.25, -0.2) is 9.97 Å². The average molecular weight is 406 g/mol. The van der Waals surface area contributed by atoms with E-state index < -0.39 is 0 Å². The lowest BCUT2D eigenvalue weighted by Crippen LogP contribution is -2.23. The quantitative estimate of drug-likeness (QED) is 0.430. The number of fused-ring (bicyclic) bond motifs is 1. The van der Waals surface area contributed by atoms with Gasteiger partial charge in [-0.2, -0.15) is 0 Å². The van der Waals surface area contributed by atoms with Gasteiger partial charge in [0.25, 0.3) is 5.91 Å². The molecule has 0 saturated carbocycles. The molecule has 1 amide bonds. The summed E-state index contributed by atoms with van der Waals surface area (Å²) >= 11 is 1.55. The Kier molecular flexibility index (Phi) is 5.95. The highest BCUT2D eigenvalue weighted by molar-refractivity contribution is 7.09. The molecule has 0 aliphatic carbocycles. The third-order valence-electron chi connectivity index (χ3n) is 4.69. The zero-order valence-corrected chi connectivity index (χ0v) is 17.1. The first-order valence-electron chi connectivity index (χ1n) is 9.75. The maximum absolute atomic E-state index is 12.3. The number of H-pyrrole nitrogens is 1. The van der Waals surface area contributed by atoms with E-state index in [2.05, 4.69) is 25.3 Å². The number of imidazole rings is 1. The molecule has 3 aromatic heterocycles. The van der Waals surface area contributed by atoms with Crippen LogP contribution in [0.2, 0.25) is 0 Å². The van der Waals surface area contributed by atoms with Gasteiger partial charge in [0, 0.05) is 30.2 Å². The number of benzene rings is 1. The molecule has 1 aromatic carbocycles. The Bertz CT molecular complexity index is 1080. The molecule has 0 unspecified atom stereocenters. The number of carbonyl (C=O) groups excluding carboxylic acids is 1. The first kappa shape index (κ1) is 19.3. The number of hydrogen-bond donors (Lipinski definition) is 2. The number of thiazole rings is 1. The van der Waals surface area contributed by atoms with Crippen LogP contribution in [0.5, 0.6) is 0 Å². The van der Waals surface area contributed by atoms with E-state index >= 15 is 0 Å². The Balaban J connectivity index is 1.23. The summed E-state index contributed by atoms with van der Waals surface area (Å²) in [5.41, 5.74) is 4.57. The molecule has 7 heteroatoms. The lowest BCUT2D eigenvalue weighted by molar-refractivity contribution is 0.0946. The van der Waals surface area contributed by atoms with Gasteiger partial charge in [0.05, 0.1) is 16.0 Å². The Hall–Kier alpha value is -3.06. The van der Waals surface area contributed by atoms with Crippen LogP contribution in [0.15, 0.2) is 48.0 Å². The highest BCUT2D eigenvalue weighted by atomic mass is 32.1. The van der Waals surface area contributed by atoms with E-state index in [0.717, 1.165) is 58.8 Å². The molecule has 3 heterocycles. The summed E-state index contributed by atoms with van der Waals surface area (Å²) in [6.07, 6.45) is 5.59. The average Bonchev–Trinajstić information content (AvgIpc) is 3.36. The number of nitrogens with zero attached hydrogens (tertiary/aromatic N) is 3. The Morgan fingerprint density at radius 3 is 2.86 bits per heavy atom. The number of carbonyl (C=O) groups is 1. The molecule has 29 heavy (non-hydrogen) atoms. The van der Waals surface area contributed by atoms with E-state index in [9.17, 15) is 4.79 Å². The van der Waals surface area contributed by atoms with Crippen LogP contribution < -0.4 is 5.32 Å². The molecule has 0 spiro atoms. The number of aromatic nitrogens is 4. The largest absolute Gasteiger partial charge is 0.347 e. The number of unbranched alkanes of at least 4 members (excludes halogenated alkanes) is 1. The fourth-order valence-corrected chi connectivity index (χ4v) is 4.03. The summed E-state index contributed by atoms with van der Waals surface area (Å²) in [6.45, 7) is 2.42. The van der Waals surface area contributed by atoms with Gasteiger partial charge >= 0.3 is 0 Å². The van der Waals surface area contributed by atoms with Crippen molar-refractivity contribution in [3.63, 3.8) is 0 Å². The molecule has 0 aliphatic rings. The second-order valence-electron chi connectivity index (χ2n) is 7.02. The molecule has 0 aliphatic heterocycles. The van der Waals surface area contributed by atoms with Crippen LogP contribution in [0.3, 0.4) is 0 Å². The van der Waals surface area contributed by atoms with E-state index in [0.29, 0.717) is 12.2 Å². The Labute approximate surface area is 173 Å². The second-order valence-corrected chi connectivity index (χ2v) is 7.97. The SMILES string of the molecule is Cc1cc(CNC(=O)c2csc(CCCCc3nc4ccccc4[nH]3)n2)ccn1. The topological polar surface area (TPSA) is 83.6 Å². The molecule has 0 bridgehead atoms. The van der Waals surface area contributed by atoms with Crippen LogP contribution in [-0.2, 0) is 19.4 Å². The van der Waals surface area contributed by atoms with E-state index in [1.807, 2.05) is 48.7 Å². The smallest absolute Gasteiger partial charge is 0.271 e. The van der Waals surface area contributed by atoms with Crippen molar-refractivity contribution in [2.24, 2.45) is 0 Å². The van der Waals surface area contributed by atoms with Gasteiger partial charge in [-0.05, 0) is 56.0 Å². The van der Waals surface area contributed by atoms with Gasteiger partial charge in [0.15, 0.2) is 0 Å². The molecular weight excluding hydrogens is 382 g/mol. The third kappa shape index (κ3) is 5.06. The molecule has 0 fully saturated rings. The van der Waals surface area contributed by atoms with Gasteiger partial charge in [-0.1, -0.05) is 12.1 Å². The highest BCUT2D eigenvalue weighted by Crippen LogP contribution is 2.15. The molecule has 6 nitrogen and oxygen atoms in total. The number of hydrogen-bond acceptors (Lipinski definition) is 5. The summed E-state index contributed by atoms with van der Waals surface area (Å²) in [5, 5.41) is 5.76. The normalized spacial score (nSPS) is 11.1. The van der Waals surface area contributed by atoms with Gasteiger partial charge < -0.3 is 10.3 Å². The number of para-hydroxylation sites is 2. The molecule has 148 valence electrons. The molecule has 4 aromatic rings. The van der Waals surface area contributed by atoms with Gasteiger partial charge in [-0.3, -0.25) is 9.78 Å². The standard InChI is InChI=1S/C22H23N5OS/c1-15-12-16(10-11-23-15)13-24-22(28)19-14-29-21(27-19)9-5-4-8-20-25-17-6-2-3-7-18(17)26-20/h2-3,6-7,10-12,14H,4-5,8-9,13H2,1H3,(H,24,28)(H,25,26). The van der Waals surface area contributed by atoms with Crippen molar-refractivity contribution < 1.29 is 4.79 Å². The second kappa shape index (κ2) is 8.96. The number of aryl methyl sites for hydroxylation is 3. The maximum atomic E-state index is 12.3. The zero-order valence-electron chi connectivity index (χ0n) is 16.3. The highest BCUT2D eigenvalue weighted by Gasteiger charge is 2.11. The molecule has 2 N–H and O–H groups in total. The minimum absolute atomic E-state index is 0.135. The summed E-state index contributed by atoms with van der Waals surface area (Å²) < 4.78 is 0. The van der Waals surface area contributed by atoms with Crippen LogP contribution >= 0.6 is 11.3 Å². The Morgan fingerprint density at radius 2 is 2.00 bits per heavy atom. The monoisotopic (exact) mass is 405 g/mol. The fraction of sp³-hybridized carbons (Fsp3) is 0.273. The number of nitrogens with one attached hydrogen (secondary N) is 2. The first-order chi connectivity index (χ1) is 14.2. The predicted octanol–water partition coefficient (Wildman–Crippen LogP) is 4.22. The number of amides is 1. The molecular formula is C22H23N5OS. The lowest BCUT2D eigenvalue weighted by Gasteiger charge is -2.04. The summed E-state index contributed by atoms with van der Waals surface area (Å²) in [5.74, 6) is 0.890. The zero-order chi connectivity index (χ0) is 20.1. The minimum atomic E-state index is -0.135. The number of aromatic amines is 1.